The first-order valence-corrected chi connectivity index (χ1v) is 13.7. The monoisotopic (exact) mass is 470 g/mol. The van der Waals surface area contributed by atoms with E-state index in [0.29, 0.717) is 18.3 Å². The Hall–Kier alpha value is -1.16. The lowest BCUT2D eigenvalue weighted by atomic mass is 9.33. The van der Waals surface area contributed by atoms with E-state index < -0.39 is 22.9 Å². The van der Waals surface area contributed by atoms with Crippen molar-refractivity contribution in [3.05, 3.63) is 11.6 Å². The molecule has 0 aromatic heterocycles. The number of hydrogen-bond donors (Lipinski definition) is 2. The summed E-state index contributed by atoms with van der Waals surface area (Å²) in [5.41, 5.74) is 0.436. The van der Waals surface area contributed by atoms with E-state index in [4.69, 9.17) is 0 Å². The largest absolute Gasteiger partial charge is 0.481 e. The Kier molecular flexibility index (Phi) is 5.04. The summed E-state index contributed by atoms with van der Waals surface area (Å²) in [7, 11) is 0. The molecule has 0 saturated heterocycles. The van der Waals surface area contributed by atoms with E-state index in [-0.39, 0.29) is 33.4 Å². The number of aliphatic hydroxyl groups is 1. The molecule has 0 amide bonds. The molecule has 5 aliphatic carbocycles. The molecule has 0 heterocycles. The van der Waals surface area contributed by atoms with Crippen LogP contribution < -0.4 is 0 Å². The Morgan fingerprint density at radius 2 is 1.59 bits per heavy atom. The fourth-order valence-corrected chi connectivity index (χ4v) is 10.5. The first-order valence-electron chi connectivity index (χ1n) is 13.7. The lowest BCUT2D eigenvalue weighted by Crippen LogP contribution is -2.66. The van der Waals surface area contributed by atoms with Crippen LogP contribution in [0.3, 0.4) is 0 Å². The molecule has 34 heavy (non-hydrogen) atoms. The molecule has 0 aromatic rings. The molecule has 5 aliphatic rings. The molecule has 0 aliphatic heterocycles. The van der Waals surface area contributed by atoms with Crippen molar-refractivity contribution in [3.8, 4) is 0 Å². The van der Waals surface area contributed by atoms with Crippen molar-refractivity contribution in [2.45, 2.75) is 112 Å². The summed E-state index contributed by atoms with van der Waals surface area (Å²) in [6.07, 6.45) is 9.53. The number of carboxylic acid groups (broad SMARTS) is 1. The van der Waals surface area contributed by atoms with Crippen molar-refractivity contribution in [3.63, 3.8) is 0 Å². The summed E-state index contributed by atoms with van der Waals surface area (Å²) in [5, 5.41) is 21.3. The number of carboxylic acids is 1. The Balaban J connectivity index is 1.61. The number of allylic oxidation sites excluding steroid dienone is 2. The van der Waals surface area contributed by atoms with E-state index in [2.05, 4.69) is 54.5 Å². The predicted molar refractivity (Wildman–Crippen MR) is 133 cm³/mol. The molecular formula is C30H46O4. The molecule has 0 spiro atoms. The van der Waals surface area contributed by atoms with Gasteiger partial charge in [0, 0.05) is 11.8 Å². The predicted octanol–water partition coefficient (Wildman–Crippen LogP) is 6.41. The molecule has 0 aromatic carbocycles. The van der Waals surface area contributed by atoms with Crippen LogP contribution in [-0.4, -0.2) is 28.1 Å². The van der Waals surface area contributed by atoms with Gasteiger partial charge < -0.3 is 10.2 Å². The third-order valence-corrected chi connectivity index (χ3v) is 12.8. The average molecular weight is 471 g/mol. The van der Waals surface area contributed by atoms with Gasteiger partial charge in [-0.25, -0.2) is 0 Å². The minimum atomic E-state index is -0.865. The van der Waals surface area contributed by atoms with E-state index in [0.717, 1.165) is 51.4 Å². The van der Waals surface area contributed by atoms with E-state index in [1.807, 2.05) is 0 Å². The van der Waals surface area contributed by atoms with Gasteiger partial charge in [-0.05, 0) is 90.8 Å². The number of aliphatic hydroxyl groups excluding tert-OH is 1. The minimum Gasteiger partial charge on any atom is -0.481 e. The number of carbonyl (C=O) groups excluding carboxylic acids is 1. The van der Waals surface area contributed by atoms with Gasteiger partial charge in [0.1, 0.15) is 6.10 Å². The van der Waals surface area contributed by atoms with Gasteiger partial charge >= 0.3 is 5.97 Å². The summed E-state index contributed by atoms with van der Waals surface area (Å²) in [4.78, 5) is 25.8. The molecule has 190 valence electrons. The Labute approximate surface area is 206 Å². The van der Waals surface area contributed by atoms with Gasteiger partial charge in [0.25, 0.3) is 0 Å². The maximum atomic E-state index is 13.1. The fraction of sp³-hybridized carbons (Fsp3) is 0.867. The van der Waals surface area contributed by atoms with Gasteiger partial charge in [-0.15, -0.1) is 0 Å². The van der Waals surface area contributed by atoms with Crippen molar-refractivity contribution in [2.24, 2.45) is 50.2 Å². The molecular weight excluding hydrogens is 424 g/mol. The van der Waals surface area contributed by atoms with Crippen LogP contribution in [0, 0.1) is 50.2 Å². The van der Waals surface area contributed by atoms with Crippen molar-refractivity contribution >= 4 is 11.8 Å². The smallest absolute Gasteiger partial charge is 0.310 e. The average Bonchev–Trinajstić information content (AvgIpc) is 2.72. The van der Waals surface area contributed by atoms with Crippen LogP contribution in [0.5, 0.6) is 0 Å². The standard InChI is InChI=1S/C30H46O4/c1-25(2)12-14-30(24(33)34)15-13-28(6)18(19(30)16-25)8-9-22-27(5)17-20(31)23(32)26(3,4)21(27)10-11-29(22,28)7/h8,19,21-23,32H,9-17H2,1-7H3,(H,33,34)/t19-,21?,22-,23-,27+,28-,29-,30+/m1/s1. The quantitative estimate of drug-likeness (QED) is 0.434. The second-order valence-corrected chi connectivity index (χ2v) is 15.0. The van der Waals surface area contributed by atoms with E-state index in [1.54, 1.807) is 0 Å². The van der Waals surface area contributed by atoms with Gasteiger partial charge in [0.15, 0.2) is 5.78 Å². The normalized spacial score (nSPS) is 51.3. The van der Waals surface area contributed by atoms with Gasteiger partial charge in [-0.1, -0.05) is 60.1 Å². The zero-order chi connectivity index (χ0) is 25.1. The number of aliphatic carboxylic acids is 1. The third-order valence-electron chi connectivity index (χ3n) is 12.8. The maximum absolute atomic E-state index is 13.1. The first-order chi connectivity index (χ1) is 15.6. The summed E-state index contributed by atoms with van der Waals surface area (Å²) in [5.74, 6) is 0.224. The van der Waals surface area contributed by atoms with Crippen molar-refractivity contribution in [1.29, 1.82) is 0 Å². The highest BCUT2D eigenvalue weighted by Gasteiger charge is 2.70. The molecule has 4 heteroatoms. The zero-order valence-corrected chi connectivity index (χ0v) is 22.5. The highest BCUT2D eigenvalue weighted by Crippen LogP contribution is 2.75. The summed E-state index contributed by atoms with van der Waals surface area (Å²) in [6, 6.07) is 0. The van der Waals surface area contributed by atoms with Crippen LogP contribution in [0.4, 0.5) is 0 Å². The third kappa shape index (κ3) is 2.81. The van der Waals surface area contributed by atoms with E-state index in [1.165, 1.54) is 5.57 Å². The zero-order valence-electron chi connectivity index (χ0n) is 22.5. The minimum absolute atomic E-state index is 0.00972. The van der Waals surface area contributed by atoms with Crippen LogP contribution in [0.2, 0.25) is 0 Å². The van der Waals surface area contributed by atoms with Crippen molar-refractivity contribution in [2.75, 3.05) is 0 Å². The number of Topliss-reactive ketones (excluding diaryl/α,β-unsaturated/α-hetero) is 1. The Morgan fingerprint density at radius 3 is 2.24 bits per heavy atom. The summed E-state index contributed by atoms with van der Waals surface area (Å²) >= 11 is 0. The molecule has 1 unspecified atom stereocenters. The Morgan fingerprint density at radius 1 is 0.941 bits per heavy atom. The maximum Gasteiger partial charge on any atom is 0.310 e. The highest BCUT2D eigenvalue weighted by atomic mass is 16.4. The molecule has 0 radical (unpaired) electrons. The molecule has 8 atom stereocenters. The molecule has 4 saturated carbocycles. The first kappa shape index (κ1) is 24.5. The SMILES string of the molecule is CC1(C)CC[C@]2(C(=O)O)CC[C@]3(C)C(=CC[C@@H]4[C@@]5(C)CC(=O)[C@@H](O)C(C)(C)C5CC[C@]43C)[C@H]2C1. The number of ketones is 1. The molecule has 4 fully saturated rings. The van der Waals surface area contributed by atoms with Gasteiger partial charge in [0.2, 0.25) is 0 Å². The number of rotatable bonds is 1. The van der Waals surface area contributed by atoms with Crippen LogP contribution in [-0.2, 0) is 9.59 Å². The van der Waals surface area contributed by atoms with Crippen LogP contribution in [0.1, 0.15) is 106 Å². The molecule has 4 nitrogen and oxygen atoms in total. The number of carbonyl (C=O) groups is 2. The molecule has 5 rings (SSSR count). The topological polar surface area (TPSA) is 74.6 Å². The van der Waals surface area contributed by atoms with Gasteiger partial charge in [0.05, 0.1) is 5.41 Å². The van der Waals surface area contributed by atoms with Gasteiger partial charge in [-0.3, -0.25) is 9.59 Å². The van der Waals surface area contributed by atoms with E-state index >= 15 is 0 Å². The lowest BCUT2D eigenvalue weighted by molar-refractivity contribution is -0.204. The van der Waals surface area contributed by atoms with E-state index in [9.17, 15) is 19.8 Å². The summed E-state index contributed by atoms with van der Waals surface area (Å²) < 4.78 is 0. The van der Waals surface area contributed by atoms with Crippen LogP contribution in [0.15, 0.2) is 11.6 Å². The van der Waals surface area contributed by atoms with Gasteiger partial charge in [-0.2, -0.15) is 0 Å². The second-order valence-electron chi connectivity index (χ2n) is 15.0. The lowest BCUT2D eigenvalue weighted by Gasteiger charge is -2.70. The number of hydrogen-bond acceptors (Lipinski definition) is 3. The number of fused-ring (bicyclic) bond motifs is 7. The Bertz CT molecular complexity index is 961. The molecule has 0 bridgehead atoms. The summed E-state index contributed by atoms with van der Waals surface area (Å²) in [6.45, 7) is 16.1. The second kappa shape index (κ2) is 6.99. The van der Waals surface area contributed by atoms with Crippen LogP contribution >= 0.6 is 0 Å². The molecule has 2 N–H and O–H groups in total. The highest BCUT2D eigenvalue weighted by molar-refractivity contribution is 5.85. The van der Waals surface area contributed by atoms with Crippen molar-refractivity contribution < 1.29 is 19.8 Å². The van der Waals surface area contributed by atoms with Crippen LogP contribution in [0.25, 0.3) is 0 Å². The van der Waals surface area contributed by atoms with Crippen molar-refractivity contribution in [1.82, 2.24) is 0 Å². The fourth-order valence-electron chi connectivity index (χ4n) is 10.5.